The van der Waals surface area contributed by atoms with Gasteiger partial charge in [0.1, 0.15) is 0 Å². The largest absolute Gasteiger partial charge is 0.450 e. The lowest BCUT2D eigenvalue weighted by Crippen LogP contribution is -2.49. The van der Waals surface area contributed by atoms with Gasteiger partial charge in [0, 0.05) is 49.3 Å². The Bertz CT molecular complexity index is 807. The molecule has 0 atom stereocenters. The van der Waals surface area contributed by atoms with Crippen LogP contribution in [0.15, 0.2) is 36.7 Å². The first-order valence-corrected chi connectivity index (χ1v) is 9.00. The predicted molar refractivity (Wildman–Crippen MR) is 102 cm³/mol. The molecule has 8 nitrogen and oxygen atoms in total. The normalized spacial score (nSPS) is 14.0. The molecule has 1 aromatic carbocycles. The van der Waals surface area contributed by atoms with Crippen molar-refractivity contribution >= 4 is 35.2 Å². The maximum absolute atomic E-state index is 12.3. The minimum atomic E-state index is -0.309. The zero-order valence-corrected chi connectivity index (χ0v) is 15.6. The highest BCUT2D eigenvalue weighted by Gasteiger charge is 2.23. The Labute approximate surface area is 162 Å². The first kappa shape index (κ1) is 18.9. The molecular formula is C18H20ClN5O3. The number of carbonyl (C=O) groups excluding carboxylic acids is 2. The Morgan fingerprint density at radius 3 is 2.52 bits per heavy atom. The SMILES string of the molecule is CCOC(=O)N1CCN(c2ncc(C(=O)Nc3cccc(Cl)c3)cn2)CC1. The van der Waals surface area contributed by atoms with Crippen LogP contribution in [0.2, 0.25) is 5.02 Å². The van der Waals surface area contributed by atoms with Gasteiger partial charge in [0.25, 0.3) is 5.91 Å². The van der Waals surface area contributed by atoms with Gasteiger partial charge in [-0.2, -0.15) is 0 Å². The second kappa shape index (κ2) is 8.68. The molecule has 0 spiro atoms. The standard InChI is InChI=1S/C18H20ClN5O3/c1-2-27-18(26)24-8-6-23(7-9-24)17-20-11-13(12-21-17)16(25)22-15-5-3-4-14(19)10-15/h3-5,10-12H,2,6-9H2,1H3,(H,22,25). The average molecular weight is 390 g/mol. The molecule has 0 radical (unpaired) electrons. The number of piperazine rings is 1. The third-order valence-electron chi connectivity index (χ3n) is 4.07. The van der Waals surface area contributed by atoms with Crippen molar-refractivity contribution in [3.63, 3.8) is 0 Å². The highest BCUT2D eigenvalue weighted by Crippen LogP contribution is 2.16. The lowest BCUT2D eigenvalue weighted by molar-refractivity contribution is 0.102. The van der Waals surface area contributed by atoms with E-state index in [1.807, 2.05) is 4.90 Å². The number of aromatic nitrogens is 2. The molecular weight excluding hydrogens is 370 g/mol. The molecule has 2 amide bonds. The van der Waals surface area contributed by atoms with Gasteiger partial charge in [-0.05, 0) is 25.1 Å². The molecule has 0 unspecified atom stereocenters. The molecule has 142 valence electrons. The highest BCUT2D eigenvalue weighted by atomic mass is 35.5. The first-order valence-electron chi connectivity index (χ1n) is 8.62. The number of carbonyl (C=O) groups is 2. The number of rotatable bonds is 4. The maximum Gasteiger partial charge on any atom is 0.409 e. The van der Waals surface area contributed by atoms with Crippen molar-refractivity contribution in [3.8, 4) is 0 Å². The highest BCUT2D eigenvalue weighted by molar-refractivity contribution is 6.30. The van der Waals surface area contributed by atoms with Gasteiger partial charge in [-0.15, -0.1) is 0 Å². The van der Waals surface area contributed by atoms with Crippen LogP contribution in [0.3, 0.4) is 0 Å². The summed E-state index contributed by atoms with van der Waals surface area (Å²) in [6, 6.07) is 6.91. The summed E-state index contributed by atoms with van der Waals surface area (Å²) < 4.78 is 5.01. The lowest BCUT2D eigenvalue weighted by atomic mass is 10.2. The summed E-state index contributed by atoms with van der Waals surface area (Å²) in [6.07, 6.45) is 2.67. The molecule has 2 heterocycles. The lowest BCUT2D eigenvalue weighted by Gasteiger charge is -2.33. The summed E-state index contributed by atoms with van der Waals surface area (Å²) in [5, 5.41) is 3.30. The number of nitrogens with one attached hydrogen (secondary N) is 1. The second-order valence-electron chi connectivity index (χ2n) is 5.91. The molecule has 1 aliphatic rings. The van der Waals surface area contributed by atoms with Crippen LogP contribution in [0.4, 0.5) is 16.4 Å². The van der Waals surface area contributed by atoms with E-state index in [0.717, 1.165) is 0 Å². The number of halogens is 1. The fraction of sp³-hybridized carbons (Fsp3) is 0.333. The number of hydrogen-bond acceptors (Lipinski definition) is 6. The Kier molecular flexibility index (Phi) is 6.08. The number of nitrogens with zero attached hydrogens (tertiary/aromatic N) is 4. The van der Waals surface area contributed by atoms with Crippen LogP contribution < -0.4 is 10.2 Å². The molecule has 1 aromatic heterocycles. The molecule has 3 rings (SSSR count). The van der Waals surface area contributed by atoms with Gasteiger partial charge in [0.15, 0.2) is 0 Å². The molecule has 1 N–H and O–H groups in total. The van der Waals surface area contributed by atoms with Crippen molar-refractivity contribution in [1.29, 1.82) is 0 Å². The molecule has 0 saturated carbocycles. The Hall–Kier alpha value is -2.87. The zero-order valence-electron chi connectivity index (χ0n) is 14.9. The third-order valence-corrected chi connectivity index (χ3v) is 4.31. The van der Waals surface area contributed by atoms with Crippen molar-refractivity contribution in [2.24, 2.45) is 0 Å². The quantitative estimate of drug-likeness (QED) is 0.864. The van der Waals surface area contributed by atoms with E-state index in [4.69, 9.17) is 16.3 Å². The monoisotopic (exact) mass is 389 g/mol. The number of hydrogen-bond donors (Lipinski definition) is 1. The van der Waals surface area contributed by atoms with Gasteiger partial charge < -0.3 is 19.9 Å². The van der Waals surface area contributed by atoms with Crippen molar-refractivity contribution in [1.82, 2.24) is 14.9 Å². The minimum Gasteiger partial charge on any atom is -0.450 e. The van der Waals surface area contributed by atoms with Gasteiger partial charge in [0.05, 0.1) is 12.2 Å². The topological polar surface area (TPSA) is 87.7 Å². The molecule has 2 aromatic rings. The Balaban J connectivity index is 1.57. The number of amides is 2. The van der Waals surface area contributed by atoms with Crippen LogP contribution in [-0.2, 0) is 4.74 Å². The van der Waals surface area contributed by atoms with E-state index < -0.39 is 0 Å². The van der Waals surface area contributed by atoms with Gasteiger partial charge >= 0.3 is 6.09 Å². The minimum absolute atomic E-state index is 0.300. The molecule has 1 aliphatic heterocycles. The van der Waals surface area contributed by atoms with Crippen molar-refractivity contribution in [2.75, 3.05) is 43.0 Å². The van der Waals surface area contributed by atoms with Gasteiger partial charge in [-0.3, -0.25) is 4.79 Å². The summed E-state index contributed by atoms with van der Waals surface area (Å²) >= 11 is 5.91. The second-order valence-corrected chi connectivity index (χ2v) is 6.35. The average Bonchev–Trinajstić information content (AvgIpc) is 2.68. The van der Waals surface area contributed by atoms with Gasteiger partial charge in [-0.1, -0.05) is 17.7 Å². The summed E-state index contributed by atoms with van der Waals surface area (Å²) in [6.45, 7) is 4.44. The number of anilines is 2. The summed E-state index contributed by atoms with van der Waals surface area (Å²) in [7, 11) is 0. The summed E-state index contributed by atoms with van der Waals surface area (Å²) in [4.78, 5) is 36.2. The molecule has 9 heteroatoms. The first-order chi connectivity index (χ1) is 13.1. The van der Waals surface area contributed by atoms with E-state index in [1.54, 1.807) is 36.1 Å². The number of ether oxygens (including phenoxy) is 1. The molecule has 0 bridgehead atoms. The van der Waals surface area contributed by atoms with E-state index >= 15 is 0 Å². The summed E-state index contributed by atoms with van der Waals surface area (Å²) in [5.74, 6) is 0.216. The zero-order chi connectivity index (χ0) is 19.2. The van der Waals surface area contributed by atoms with Gasteiger partial charge in [0.2, 0.25) is 5.95 Å². The van der Waals surface area contributed by atoms with Gasteiger partial charge in [-0.25, -0.2) is 14.8 Å². The van der Waals surface area contributed by atoms with E-state index in [-0.39, 0.29) is 12.0 Å². The van der Waals surface area contributed by atoms with Crippen LogP contribution in [0.1, 0.15) is 17.3 Å². The van der Waals surface area contributed by atoms with E-state index in [0.29, 0.717) is 55.0 Å². The van der Waals surface area contributed by atoms with Crippen LogP contribution in [0.25, 0.3) is 0 Å². The Morgan fingerprint density at radius 2 is 1.89 bits per heavy atom. The predicted octanol–water partition coefficient (Wildman–Crippen LogP) is 2.66. The van der Waals surface area contributed by atoms with Crippen LogP contribution in [0.5, 0.6) is 0 Å². The molecule has 1 saturated heterocycles. The molecule has 27 heavy (non-hydrogen) atoms. The van der Waals surface area contributed by atoms with Crippen molar-refractivity contribution < 1.29 is 14.3 Å². The van der Waals surface area contributed by atoms with Crippen molar-refractivity contribution in [2.45, 2.75) is 6.92 Å². The van der Waals surface area contributed by atoms with E-state index in [9.17, 15) is 9.59 Å². The van der Waals surface area contributed by atoms with E-state index in [2.05, 4.69) is 15.3 Å². The smallest absolute Gasteiger partial charge is 0.409 e. The third kappa shape index (κ3) is 4.85. The van der Waals surface area contributed by atoms with Crippen LogP contribution in [0, 0.1) is 0 Å². The van der Waals surface area contributed by atoms with Crippen molar-refractivity contribution in [3.05, 3.63) is 47.2 Å². The fourth-order valence-corrected chi connectivity index (χ4v) is 2.87. The maximum atomic E-state index is 12.3. The number of benzene rings is 1. The summed E-state index contributed by atoms with van der Waals surface area (Å²) in [5.41, 5.74) is 0.954. The van der Waals surface area contributed by atoms with Crippen LogP contribution >= 0.6 is 11.6 Å². The molecule has 0 aliphatic carbocycles. The van der Waals surface area contributed by atoms with E-state index in [1.165, 1.54) is 12.4 Å². The Morgan fingerprint density at radius 1 is 1.19 bits per heavy atom. The molecule has 1 fully saturated rings. The van der Waals surface area contributed by atoms with Crippen LogP contribution in [-0.4, -0.2) is 59.7 Å². The fourth-order valence-electron chi connectivity index (χ4n) is 2.68.